The summed E-state index contributed by atoms with van der Waals surface area (Å²) < 4.78 is 0. The highest BCUT2D eigenvalue weighted by atomic mass is 16.4. The van der Waals surface area contributed by atoms with Gasteiger partial charge < -0.3 is 84.4 Å². The number of amides is 8. The zero-order valence-corrected chi connectivity index (χ0v) is 33.0. The van der Waals surface area contributed by atoms with Gasteiger partial charge in [-0.25, -0.2) is 4.79 Å². The van der Waals surface area contributed by atoms with Crippen molar-refractivity contribution in [3.8, 4) is 11.5 Å². The number of aliphatic hydroxyl groups excluding tert-OH is 4. The second kappa shape index (κ2) is 25.6. The molecule has 8 amide bonds. The Morgan fingerprint density at radius 1 is 0.500 bits per heavy atom. The molecular formula is C37H51N9O16. The van der Waals surface area contributed by atoms with Gasteiger partial charge in [0.1, 0.15) is 53.8 Å². The maximum absolute atomic E-state index is 13.4. The van der Waals surface area contributed by atoms with Crippen molar-refractivity contribution in [1.29, 1.82) is 0 Å². The van der Waals surface area contributed by atoms with Crippen LogP contribution in [-0.4, -0.2) is 164 Å². The van der Waals surface area contributed by atoms with E-state index in [-0.39, 0.29) is 24.3 Å². The highest BCUT2D eigenvalue weighted by Gasteiger charge is 2.32. The Morgan fingerprint density at radius 2 is 0.887 bits per heavy atom. The number of aliphatic carboxylic acids is 1. The molecule has 0 radical (unpaired) electrons. The van der Waals surface area contributed by atoms with E-state index in [9.17, 15) is 73.8 Å². The summed E-state index contributed by atoms with van der Waals surface area (Å²) in [6, 6.07) is -0.577. The molecule has 0 aliphatic rings. The lowest BCUT2D eigenvalue weighted by Crippen LogP contribution is -2.61. The Morgan fingerprint density at radius 3 is 1.31 bits per heavy atom. The molecule has 0 unspecified atom stereocenters. The summed E-state index contributed by atoms with van der Waals surface area (Å²) in [6.45, 7) is -4.79. The first-order chi connectivity index (χ1) is 29.3. The lowest BCUT2D eigenvalue weighted by Gasteiger charge is -2.25. The number of nitrogens with one attached hydrogen (secondary N) is 7. The van der Waals surface area contributed by atoms with Gasteiger partial charge in [0.25, 0.3) is 0 Å². The number of primary amides is 1. The lowest BCUT2D eigenvalue weighted by atomic mass is 10.0. The molecule has 0 aliphatic carbocycles. The van der Waals surface area contributed by atoms with E-state index in [4.69, 9.17) is 16.6 Å². The maximum Gasteiger partial charge on any atom is 0.328 e. The number of aliphatic hydroxyl groups is 4. The molecule has 0 aromatic heterocycles. The van der Waals surface area contributed by atoms with Gasteiger partial charge in [-0.05, 0) is 41.8 Å². The number of phenolic OH excluding ortho intramolecular Hbond substituents is 2. The molecule has 0 saturated carbocycles. The average Bonchev–Trinajstić information content (AvgIpc) is 3.24. The predicted molar refractivity (Wildman–Crippen MR) is 211 cm³/mol. The first-order valence-corrected chi connectivity index (χ1v) is 18.7. The number of aromatic hydroxyl groups is 2. The van der Waals surface area contributed by atoms with Crippen LogP contribution in [-0.2, 0) is 56.0 Å². The van der Waals surface area contributed by atoms with E-state index in [0.717, 1.165) is 0 Å². The fraction of sp³-hybridized carbons (Fsp3) is 0.432. The Hall–Kier alpha value is -6.93. The molecule has 0 bridgehead atoms. The molecule has 62 heavy (non-hydrogen) atoms. The molecule has 0 fully saturated rings. The monoisotopic (exact) mass is 877 g/mol. The molecule has 2 aromatic carbocycles. The van der Waals surface area contributed by atoms with Crippen molar-refractivity contribution in [3.05, 3.63) is 59.7 Å². The van der Waals surface area contributed by atoms with Crippen molar-refractivity contribution in [1.82, 2.24) is 37.2 Å². The predicted octanol–water partition coefficient (Wildman–Crippen LogP) is -7.45. The van der Waals surface area contributed by atoms with Crippen molar-refractivity contribution in [3.63, 3.8) is 0 Å². The summed E-state index contributed by atoms with van der Waals surface area (Å²) in [5, 5.41) is 82.4. The molecule has 0 spiro atoms. The second-order valence-electron chi connectivity index (χ2n) is 13.6. The fourth-order valence-corrected chi connectivity index (χ4v) is 5.27. The van der Waals surface area contributed by atoms with Crippen molar-refractivity contribution in [2.45, 2.75) is 68.0 Å². The first-order valence-electron chi connectivity index (χ1n) is 18.7. The van der Waals surface area contributed by atoms with E-state index in [0.29, 0.717) is 11.1 Å². The minimum Gasteiger partial charge on any atom is -0.508 e. The number of rotatable bonds is 26. The minimum absolute atomic E-state index is 0.0955. The van der Waals surface area contributed by atoms with Crippen LogP contribution in [0.3, 0.4) is 0 Å². The van der Waals surface area contributed by atoms with E-state index in [1.165, 1.54) is 48.5 Å². The fourth-order valence-electron chi connectivity index (χ4n) is 5.27. The second-order valence-corrected chi connectivity index (χ2v) is 13.6. The molecule has 25 nitrogen and oxygen atoms in total. The number of phenols is 2. The molecule has 7 atom stereocenters. The van der Waals surface area contributed by atoms with Gasteiger partial charge >= 0.3 is 5.97 Å². The van der Waals surface area contributed by atoms with E-state index in [2.05, 4.69) is 31.9 Å². The van der Waals surface area contributed by atoms with E-state index in [1.807, 2.05) is 5.32 Å². The Labute approximate surface area is 352 Å². The SMILES string of the molecule is NC(=O)CC[C@H](NC(=O)CNC(=O)[C@H](Cc1ccc(O)cc1)NC(=O)[C@H](CO)NC(=O)[C@H](CO)NC(=O)[C@H](Cc1ccc(O)cc1)NC(=O)[C@@H](N)CO)C(=O)N[C@@H](CO)C(=O)O. The summed E-state index contributed by atoms with van der Waals surface area (Å²) in [5.74, 6) is -10.2. The van der Waals surface area contributed by atoms with Gasteiger partial charge in [0.15, 0.2) is 0 Å². The molecule has 0 heterocycles. The smallest absolute Gasteiger partial charge is 0.328 e. The van der Waals surface area contributed by atoms with Gasteiger partial charge in [-0.1, -0.05) is 24.3 Å². The topological polar surface area (TPSA) is 431 Å². The van der Waals surface area contributed by atoms with Crippen LogP contribution in [0.2, 0.25) is 0 Å². The zero-order chi connectivity index (χ0) is 46.5. The number of carbonyl (C=O) groups is 9. The summed E-state index contributed by atoms with van der Waals surface area (Å²) >= 11 is 0. The van der Waals surface area contributed by atoms with Gasteiger partial charge in [0, 0.05) is 19.3 Å². The summed E-state index contributed by atoms with van der Waals surface area (Å²) in [4.78, 5) is 114. The standard InChI is InChI=1S/C37H51N9O16/c38-22(14-47)31(55)42-25(12-19-3-7-21(52)8-4-19)34(58)44-27(16-49)36(60)45-26(15-48)35(59)43-24(11-18-1-5-20(51)6-2-18)32(56)40-13-30(54)41-23(9-10-29(39)53)33(57)46-28(17-50)37(61)62/h1-8,22-28,47-52H,9-17,38H2,(H2,39,53)(H,40,56)(H,41,54)(H,42,55)(H,43,59)(H,44,58)(H,45,60)(H,46,57)(H,61,62)/t22-,23-,24-,25-,26-,27-,28-/m0/s1. The van der Waals surface area contributed by atoms with Crippen LogP contribution in [0.4, 0.5) is 0 Å². The molecule has 340 valence electrons. The molecule has 25 heteroatoms. The molecule has 18 N–H and O–H groups in total. The van der Waals surface area contributed by atoms with Gasteiger partial charge in [-0.3, -0.25) is 38.4 Å². The van der Waals surface area contributed by atoms with Crippen LogP contribution in [0.15, 0.2) is 48.5 Å². The van der Waals surface area contributed by atoms with Crippen LogP contribution in [0.5, 0.6) is 11.5 Å². The third-order valence-electron chi connectivity index (χ3n) is 8.73. The Balaban J connectivity index is 2.22. The third kappa shape index (κ3) is 17.3. The van der Waals surface area contributed by atoms with E-state index >= 15 is 0 Å². The average molecular weight is 878 g/mol. The normalized spacial score (nSPS) is 14.2. The van der Waals surface area contributed by atoms with Crippen molar-refractivity contribution >= 4 is 53.2 Å². The third-order valence-corrected chi connectivity index (χ3v) is 8.73. The highest BCUT2D eigenvalue weighted by molar-refractivity contribution is 5.97. The molecule has 0 saturated heterocycles. The molecule has 2 rings (SSSR count). The Bertz CT molecular complexity index is 1880. The van der Waals surface area contributed by atoms with Crippen LogP contribution in [0, 0.1) is 0 Å². The van der Waals surface area contributed by atoms with Crippen LogP contribution < -0.4 is 48.7 Å². The molecule has 0 aliphatic heterocycles. The van der Waals surface area contributed by atoms with Gasteiger partial charge in [-0.15, -0.1) is 0 Å². The van der Waals surface area contributed by atoms with Gasteiger partial charge in [0.2, 0.25) is 47.3 Å². The van der Waals surface area contributed by atoms with Crippen LogP contribution >= 0.6 is 0 Å². The maximum atomic E-state index is 13.4. The number of nitrogens with two attached hydrogens (primary N) is 2. The number of hydrogen-bond acceptors (Lipinski definition) is 16. The number of hydrogen-bond donors (Lipinski definition) is 16. The number of benzene rings is 2. The van der Waals surface area contributed by atoms with E-state index in [1.54, 1.807) is 0 Å². The van der Waals surface area contributed by atoms with Crippen molar-refractivity contribution in [2.24, 2.45) is 11.5 Å². The quantitative estimate of drug-likeness (QED) is 0.0417. The summed E-state index contributed by atoms with van der Waals surface area (Å²) in [6.07, 6.45) is -1.36. The van der Waals surface area contributed by atoms with Crippen LogP contribution in [0.25, 0.3) is 0 Å². The van der Waals surface area contributed by atoms with Crippen LogP contribution in [0.1, 0.15) is 24.0 Å². The minimum atomic E-state index is -1.83. The van der Waals surface area contributed by atoms with Gasteiger partial charge in [-0.2, -0.15) is 0 Å². The largest absolute Gasteiger partial charge is 0.508 e. The summed E-state index contributed by atoms with van der Waals surface area (Å²) in [5.41, 5.74) is 11.5. The number of carboxylic acids is 1. The number of carboxylic acid groups (broad SMARTS) is 1. The molecule has 2 aromatic rings. The highest BCUT2D eigenvalue weighted by Crippen LogP contribution is 2.13. The van der Waals surface area contributed by atoms with E-state index < -0.39 is 141 Å². The van der Waals surface area contributed by atoms with Gasteiger partial charge in [0.05, 0.1) is 33.0 Å². The van der Waals surface area contributed by atoms with Crippen molar-refractivity contribution in [2.75, 3.05) is 33.0 Å². The first kappa shape index (κ1) is 51.2. The summed E-state index contributed by atoms with van der Waals surface area (Å²) in [7, 11) is 0. The van der Waals surface area contributed by atoms with Crippen molar-refractivity contribution < 1.29 is 78.9 Å². The number of carbonyl (C=O) groups excluding carboxylic acids is 8. The zero-order valence-electron chi connectivity index (χ0n) is 33.0. The lowest BCUT2D eigenvalue weighted by molar-refractivity contribution is -0.143. The Kier molecular flexibility index (Phi) is 21.2. The molecular weight excluding hydrogens is 826 g/mol.